The number of para-hydroxylation sites is 1. The normalized spacial score (nSPS) is 13.5. The molecule has 5 rings (SSSR count). The number of nitrogens with zero attached hydrogens (tertiary/aromatic N) is 1. The van der Waals surface area contributed by atoms with Crippen LogP contribution in [0.1, 0.15) is 52.4 Å². The quantitative estimate of drug-likeness (QED) is 0.163. The molecule has 4 N–H and O–H groups in total. The minimum atomic E-state index is -1.05. The number of anilines is 2. The van der Waals surface area contributed by atoms with E-state index in [4.69, 9.17) is 0 Å². The van der Waals surface area contributed by atoms with Gasteiger partial charge in [0.2, 0.25) is 0 Å². The summed E-state index contributed by atoms with van der Waals surface area (Å²) in [6, 6.07) is 21.6. The maximum Gasteiger partial charge on any atom is 0.335 e. The van der Waals surface area contributed by atoms with Crippen molar-refractivity contribution in [3.63, 3.8) is 0 Å². The van der Waals surface area contributed by atoms with Gasteiger partial charge in [0.15, 0.2) is 5.71 Å². The van der Waals surface area contributed by atoms with Crippen LogP contribution in [0.25, 0.3) is 22.3 Å². The number of amides is 1. The predicted molar refractivity (Wildman–Crippen MR) is 155 cm³/mol. The van der Waals surface area contributed by atoms with Gasteiger partial charge >= 0.3 is 5.97 Å². The Morgan fingerprint density at radius 3 is 2.38 bits per heavy atom. The molecule has 0 fully saturated rings. The van der Waals surface area contributed by atoms with Gasteiger partial charge in [-0.05, 0) is 65.8 Å². The lowest BCUT2D eigenvalue weighted by Crippen LogP contribution is -2.16. The Kier molecular flexibility index (Phi) is 6.66. The highest BCUT2D eigenvalue weighted by Crippen LogP contribution is 2.42. The van der Waals surface area contributed by atoms with Crippen molar-refractivity contribution < 1.29 is 19.8 Å². The minimum Gasteiger partial charge on any atom is -0.505 e. The van der Waals surface area contributed by atoms with E-state index in [9.17, 15) is 19.8 Å². The number of carboxylic acid groups (broad SMARTS) is 1. The molecular weight excluding hydrogens is 490 g/mol. The van der Waals surface area contributed by atoms with Crippen molar-refractivity contribution in [2.75, 3.05) is 10.7 Å². The largest absolute Gasteiger partial charge is 0.505 e. The second kappa shape index (κ2) is 10.1. The molecular formula is C32H29N3O4. The Bertz CT molecular complexity index is 1670. The number of hydrogen-bond donors (Lipinski definition) is 4. The van der Waals surface area contributed by atoms with Gasteiger partial charge in [0.1, 0.15) is 5.75 Å². The van der Waals surface area contributed by atoms with E-state index in [0.29, 0.717) is 16.7 Å². The number of carbonyl (C=O) groups is 2. The Morgan fingerprint density at radius 1 is 0.897 bits per heavy atom. The van der Waals surface area contributed by atoms with Crippen LogP contribution in [0.3, 0.4) is 0 Å². The molecule has 0 saturated heterocycles. The number of rotatable bonds is 6. The fraction of sp³-hybridized carbons (Fsp3) is 0.156. The number of hydrogen-bond acceptors (Lipinski definition) is 5. The van der Waals surface area contributed by atoms with Gasteiger partial charge in [-0.2, -0.15) is 5.10 Å². The van der Waals surface area contributed by atoms with E-state index < -0.39 is 5.97 Å². The maximum absolute atomic E-state index is 13.1. The molecule has 1 heterocycles. The molecule has 0 aromatic heterocycles. The maximum atomic E-state index is 13.1. The molecule has 0 saturated carbocycles. The average molecular weight is 520 g/mol. The Balaban J connectivity index is 1.55. The molecule has 4 aromatic rings. The summed E-state index contributed by atoms with van der Waals surface area (Å²) in [5.41, 5.74) is 11.4. The van der Waals surface area contributed by atoms with Crippen LogP contribution in [0.2, 0.25) is 0 Å². The molecule has 0 atom stereocenters. The second-order valence-electron chi connectivity index (χ2n) is 10.0. The first-order valence-corrected chi connectivity index (χ1v) is 12.7. The fourth-order valence-corrected chi connectivity index (χ4v) is 4.84. The molecule has 7 heteroatoms. The van der Waals surface area contributed by atoms with E-state index in [0.717, 1.165) is 22.4 Å². The first-order valence-electron chi connectivity index (χ1n) is 12.7. The number of fused-ring (bicyclic) bond motifs is 1. The lowest BCUT2D eigenvalue weighted by molar-refractivity contribution is -0.110. The van der Waals surface area contributed by atoms with Gasteiger partial charge in [-0.3, -0.25) is 10.2 Å². The molecule has 196 valence electrons. The number of benzene rings is 4. The molecule has 0 spiro atoms. The number of aryl methyl sites for hydroxylation is 2. The lowest BCUT2D eigenvalue weighted by atomic mass is 9.88. The van der Waals surface area contributed by atoms with Crippen molar-refractivity contribution in [2.24, 2.45) is 5.10 Å². The second-order valence-corrected chi connectivity index (χ2v) is 10.0. The minimum absolute atomic E-state index is 0.103. The average Bonchev–Trinajstić information content (AvgIpc) is 3.24. The summed E-state index contributed by atoms with van der Waals surface area (Å²) >= 11 is 0. The summed E-state index contributed by atoms with van der Waals surface area (Å²) in [4.78, 5) is 24.5. The van der Waals surface area contributed by atoms with E-state index >= 15 is 0 Å². The van der Waals surface area contributed by atoms with E-state index in [1.165, 1.54) is 23.3 Å². The number of aromatic carboxylic acids is 1. The molecule has 7 nitrogen and oxygen atoms in total. The van der Waals surface area contributed by atoms with Crippen LogP contribution < -0.4 is 10.7 Å². The zero-order valence-electron chi connectivity index (χ0n) is 22.2. The number of nitrogens with one attached hydrogen (secondary N) is 2. The van der Waals surface area contributed by atoms with Gasteiger partial charge in [0.25, 0.3) is 5.91 Å². The van der Waals surface area contributed by atoms with Crippen LogP contribution in [0, 0.1) is 13.8 Å². The number of hydrazone groups is 1. The predicted octanol–water partition coefficient (Wildman–Crippen LogP) is 6.93. The monoisotopic (exact) mass is 519 g/mol. The first kappa shape index (κ1) is 25.7. The van der Waals surface area contributed by atoms with Crippen molar-refractivity contribution in [3.05, 3.63) is 101 Å². The number of phenolic OH excluding ortho intramolecular Hbond substituents is 1. The molecule has 1 aliphatic rings. The molecule has 0 unspecified atom stereocenters. The van der Waals surface area contributed by atoms with Gasteiger partial charge in [-0.1, -0.05) is 68.4 Å². The molecule has 39 heavy (non-hydrogen) atoms. The topological polar surface area (TPSA) is 111 Å². The highest BCUT2D eigenvalue weighted by atomic mass is 16.4. The van der Waals surface area contributed by atoms with Crippen LogP contribution in [-0.2, 0) is 4.79 Å². The third-order valence-electron chi connectivity index (χ3n) is 7.11. The molecule has 4 aromatic carbocycles. The Labute approximate surface area is 226 Å². The van der Waals surface area contributed by atoms with Crippen molar-refractivity contribution in [1.29, 1.82) is 0 Å². The number of phenols is 1. The molecule has 1 amide bonds. The van der Waals surface area contributed by atoms with Crippen LogP contribution in [0.4, 0.5) is 11.4 Å². The lowest BCUT2D eigenvalue weighted by Gasteiger charge is -2.18. The van der Waals surface area contributed by atoms with Gasteiger partial charge in [-0.25, -0.2) is 4.79 Å². The molecule has 0 radical (unpaired) electrons. The summed E-state index contributed by atoms with van der Waals surface area (Å²) in [5.74, 6) is -1.26. The van der Waals surface area contributed by atoms with Gasteiger partial charge in [0, 0.05) is 16.7 Å². The highest BCUT2D eigenvalue weighted by molar-refractivity contribution is 6.54. The highest BCUT2D eigenvalue weighted by Gasteiger charge is 2.31. The molecule has 1 aliphatic heterocycles. The van der Waals surface area contributed by atoms with Gasteiger partial charge < -0.3 is 15.5 Å². The molecule has 0 bridgehead atoms. The van der Waals surface area contributed by atoms with Crippen LogP contribution >= 0.6 is 0 Å². The van der Waals surface area contributed by atoms with E-state index in [1.54, 1.807) is 30.3 Å². The van der Waals surface area contributed by atoms with Gasteiger partial charge in [-0.15, -0.1) is 0 Å². The third-order valence-corrected chi connectivity index (χ3v) is 7.11. The Morgan fingerprint density at radius 2 is 1.67 bits per heavy atom. The third kappa shape index (κ3) is 4.75. The summed E-state index contributed by atoms with van der Waals surface area (Å²) in [6.45, 7) is 8.40. The van der Waals surface area contributed by atoms with Crippen molar-refractivity contribution >= 4 is 29.0 Å². The summed E-state index contributed by atoms with van der Waals surface area (Å²) in [6.07, 6.45) is 0. The van der Waals surface area contributed by atoms with Crippen LogP contribution in [-0.4, -0.2) is 27.8 Å². The van der Waals surface area contributed by atoms with Crippen molar-refractivity contribution in [1.82, 2.24) is 0 Å². The smallest absolute Gasteiger partial charge is 0.335 e. The van der Waals surface area contributed by atoms with Crippen LogP contribution in [0.5, 0.6) is 5.75 Å². The van der Waals surface area contributed by atoms with Gasteiger partial charge in [0.05, 0.1) is 16.9 Å². The summed E-state index contributed by atoms with van der Waals surface area (Å²) < 4.78 is 0. The van der Waals surface area contributed by atoms with E-state index in [1.807, 2.05) is 12.1 Å². The number of carboxylic acids is 1. The summed E-state index contributed by atoms with van der Waals surface area (Å²) in [7, 11) is 0. The first-order chi connectivity index (χ1) is 18.7. The standard InChI is InChI=1S/C32H29N3O4/c1-17(2)23-13-14-25-28(27(23)21-12-11-18(3)19(4)15-21)33-31(37)29(25)35-34-26-10-6-9-24(30(26)36)20-7-5-8-22(16-20)32(38)39/h5-17,34,36H,1-4H3,(H,38,39)(H,33,35,37). The van der Waals surface area contributed by atoms with Crippen molar-refractivity contribution in [2.45, 2.75) is 33.6 Å². The van der Waals surface area contributed by atoms with Crippen LogP contribution in [0.15, 0.2) is 77.9 Å². The zero-order chi connectivity index (χ0) is 27.8. The van der Waals surface area contributed by atoms with E-state index in [2.05, 4.69) is 61.7 Å². The van der Waals surface area contributed by atoms with E-state index in [-0.39, 0.29) is 34.5 Å². The number of aromatic hydroxyl groups is 1. The molecule has 0 aliphatic carbocycles. The fourth-order valence-electron chi connectivity index (χ4n) is 4.84. The Hall–Kier alpha value is -4.91. The number of carbonyl (C=O) groups excluding carboxylic acids is 1. The van der Waals surface area contributed by atoms with Crippen molar-refractivity contribution in [3.8, 4) is 28.0 Å². The summed E-state index contributed by atoms with van der Waals surface area (Å²) in [5, 5.41) is 27.7. The SMILES string of the molecule is Cc1ccc(-c2c(C(C)C)ccc3c2NC(=O)C3=NNc2cccc(-c3cccc(C(=O)O)c3)c2O)cc1C. The zero-order valence-corrected chi connectivity index (χ0v) is 22.2.